The van der Waals surface area contributed by atoms with Crippen molar-refractivity contribution in [3.63, 3.8) is 0 Å². The molecule has 0 heterocycles. The van der Waals surface area contributed by atoms with Crippen molar-refractivity contribution in [2.45, 2.75) is 40.2 Å². The summed E-state index contributed by atoms with van der Waals surface area (Å²) in [4.78, 5) is 0. The molecule has 1 nitrogen and oxygen atoms in total. The van der Waals surface area contributed by atoms with Gasteiger partial charge in [0.1, 0.15) is 11.6 Å². The molecule has 17 heavy (non-hydrogen) atoms. The summed E-state index contributed by atoms with van der Waals surface area (Å²) in [5, 5.41) is 3.37. The number of benzene rings is 1. The fourth-order valence-electron chi connectivity index (χ4n) is 1.90. The second kappa shape index (κ2) is 5.58. The van der Waals surface area contributed by atoms with Gasteiger partial charge in [0.05, 0.1) is 0 Å². The molecule has 0 aliphatic heterocycles. The highest BCUT2D eigenvalue weighted by Crippen LogP contribution is 2.23. The van der Waals surface area contributed by atoms with E-state index in [4.69, 9.17) is 0 Å². The molecule has 0 saturated heterocycles. The van der Waals surface area contributed by atoms with Crippen LogP contribution in [0.4, 0.5) is 8.78 Å². The van der Waals surface area contributed by atoms with Crippen molar-refractivity contribution in [2.24, 2.45) is 5.41 Å². The first-order chi connectivity index (χ1) is 7.82. The van der Waals surface area contributed by atoms with Crippen LogP contribution in [-0.2, 0) is 6.42 Å². The highest BCUT2D eigenvalue weighted by Gasteiger charge is 2.24. The fourth-order valence-corrected chi connectivity index (χ4v) is 1.90. The van der Waals surface area contributed by atoms with Gasteiger partial charge in [0.2, 0.25) is 0 Å². The average molecular weight is 241 g/mol. The van der Waals surface area contributed by atoms with E-state index in [-0.39, 0.29) is 11.5 Å². The molecule has 0 amide bonds. The largest absolute Gasteiger partial charge is 0.313 e. The third-order valence-corrected chi connectivity index (χ3v) is 2.86. The highest BCUT2D eigenvalue weighted by molar-refractivity contribution is 5.19. The summed E-state index contributed by atoms with van der Waals surface area (Å²) in [6.07, 6.45) is 0.631. The number of halogens is 2. The smallest absolute Gasteiger partial charge is 0.126 e. The van der Waals surface area contributed by atoms with Gasteiger partial charge in [0.25, 0.3) is 0 Å². The predicted molar refractivity (Wildman–Crippen MR) is 67.0 cm³/mol. The van der Waals surface area contributed by atoms with Crippen molar-refractivity contribution in [3.05, 3.63) is 35.4 Å². The molecule has 1 N–H and O–H groups in total. The van der Waals surface area contributed by atoms with E-state index in [9.17, 15) is 8.78 Å². The van der Waals surface area contributed by atoms with E-state index in [1.165, 1.54) is 12.1 Å². The molecule has 0 radical (unpaired) electrons. The summed E-state index contributed by atoms with van der Waals surface area (Å²) in [6.45, 7) is 9.24. The molecule has 0 aliphatic rings. The van der Waals surface area contributed by atoms with E-state index in [2.05, 4.69) is 26.1 Å². The maximum atomic E-state index is 13.1. The third kappa shape index (κ3) is 4.43. The molecule has 1 unspecified atom stereocenters. The quantitative estimate of drug-likeness (QED) is 0.850. The maximum absolute atomic E-state index is 13.1. The minimum atomic E-state index is -0.510. The standard InChI is InChI=1S/C14H21F2N/c1-5-17-13(14(2,3)4)8-10-6-11(15)9-12(16)7-10/h6-7,9,13,17H,5,8H2,1-4H3. The number of likely N-dealkylation sites (N-methyl/N-ethyl adjacent to an activating group) is 1. The SMILES string of the molecule is CCNC(Cc1cc(F)cc(F)c1)C(C)(C)C. The van der Waals surface area contributed by atoms with Gasteiger partial charge in [-0.1, -0.05) is 27.7 Å². The van der Waals surface area contributed by atoms with E-state index >= 15 is 0 Å². The van der Waals surface area contributed by atoms with Crippen molar-refractivity contribution in [1.29, 1.82) is 0 Å². The Bertz CT molecular complexity index is 349. The zero-order valence-electron chi connectivity index (χ0n) is 11.0. The molecule has 1 aromatic carbocycles. The summed E-state index contributed by atoms with van der Waals surface area (Å²) in [6, 6.07) is 3.91. The molecular formula is C14H21F2N. The second-order valence-electron chi connectivity index (χ2n) is 5.46. The van der Waals surface area contributed by atoms with Gasteiger partial charge in [0, 0.05) is 12.1 Å². The summed E-state index contributed by atoms with van der Waals surface area (Å²) < 4.78 is 26.2. The van der Waals surface area contributed by atoms with Crippen LogP contribution in [0, 0.1) is 17.0 Å². The number of rotatable bonds is 4. The Labute approximate surface area is 102 Å². The van der Waals surface area contributed by atoms with E-state index in [1.807, 2.05) is 6.92 Å². The first-order valence-electron chi connectivity index (χ1n) is 6.01. The van der Waals surface area contributed by atoms with E-state index < -0.39 is 11.6 Å². The molecule has 0 saturated carbocycles. The Morgan fingerprint density at radius 2 is 1.65 bits per heavy atom. The normalized spacial score (nSPS) is 13.8. The monoisotopic (exact) mass is 241 g/mol. The van der Waals surface area contributed by atoms with E-state index in [0.717, 1.165) is 12.6 Å². The molecule has 1 aromatic rings. The van der Waals surface area contributed by atoms with Gasteiger partial charge in [-0.2, -0.15) is 0 Å². The number of nitrogens with one attached hydrogen (secondary N) is 1. The van der Waals surface area contributed by atoms with Crippen molar-refractivity contribution in [3.8, 4) is 0 Å². The molecule has 0 fully saturated rings. The van der Waals surface area contributed by atoms with Crippen LogP contribution in [0.1, 0.15) is 33.3 Å². The molecule has 0 aliphatic carbocycles. The van der Waals surface area contributed by atoms with Crippen LogP contribution in [0.5, 0.6) is 0 Å². The number of hydrogen-bond donors (Lipinski definition) is 1. The summed E-state index contributed by atoms with van der Waals surface area (Å²) >= 11 is 0. The van der Waals surface area contributed by atoms with E-state index in [0.29, 0.717) is 12.0 Å². The predicted octanol–water partition coefficient (Wildman–Crippen LogP) is 3.53. The van der Waals surface area contributed by atoms with Gasteiger partial charge in [-0.05, 0) is 36.1 Å². The summed E-state index contributed by atoms with van der Waals surface area (Å²) in [5.41, 5.74) is 0.752. The minimum Gasteiger partial charge on any atom is -0.313 e. The lowest BCUT2D eigenvalue weighted by atomic mass is 9.83. The zero-order chi connectivity index (χ0) is 13.1. The summed E-state index contributed by atoms with van der Waals surface area (Å²) in [5.74, 6) is -1.02. The Balaban J connectivity index is 2.86. The maximum Gasteiger partial charge on any atom is 0.126 e. The molecule has 1 atom stereocenters. The van der Waals surface area contributed by atoms with Gasteiger partial charge in [0.15, 0.2) is 0 Å². The van der Waals surface area contributed by atoms with Gasteiger partial charge in [-0.15, -0.1) is 0 Å². The molecule has 96 valence electrons. The van der Waals surface area contributed by atoms with Crippen molar-refractivity contribution >= 4 is 0 Å². The minimum absolute atomic E-state index is 0.0544. The van der Waals surface area contributed by atoms with Crippen LogP contribution in [-0.4, -0.2) is 12.6 Å². The molecule has 1 rings (SSSR count). The van der Waals surface area contributed by atoms with Crippen LogP contribution in [0.2, 0.25) is 0 Å². The molecular weight excluding hydrogens is 220 g/mol. The Morgan fingerprint density at radius 1 is 1.12 bits per heavy atom. The van der Waals surface area contributed by atoms with Crippen molar-refractivity contribution < 1.29 is 8.78 Å². The lowest BCUT2D eigenvalue weighted by Crippen LogP contribution is -2.41. The van der Waals surface area contributed by atoms with Gasteiger partial charge >= 0.3 is 0 Å². The summed E-state index contributed by atoms with van der Waals surface area (Å²) in [7, 11) is 0. The molecule has 0 bridgehead atoms. The molecule has 0 spiro atoms. The van der Waals surface area contributed by atoms with Crippen LogP contribution >= 0.6 is 0 Å². The second-order valence-corrected chi connectivity index (χ2v) is 5.46. The topological polar surface area (TPSA) is 12.0 Å². The van der Waals surface area contributed by atoms with Crippen molar-refractivity contribution in [2.75, 3.05) is 6.54 Å². The number of hydrogen-bond acceptors (Lipinski definition) is 1. The van der Waals surface area contributed by atoms with Crippen LogP contribution in [0.15, 0.2) is 18.2 Å². The van der Waals surface area contributed by atoms with Crippen LogP contribution in [0.3, 0.4) is 0 Å². The Morgan fingerprint density at radius 3 is 2.06 bits per heavy atom. The Kier molecular flexibility index (Phi) is 4.63. The van der Waals surface area contributed by atoms with Crippen molar-refractivity contribution in [1.82, 2.24) is 5.32 Å². The average Bonchev–Trinajstić information content (AvgIpc) is 2.13. The van der Waals surface area contributed by atoms with Crippen LogP contribution in [0.25, 0.3) is 0 Å². The Hall–Kier alpha value is -0.960. The van der Waals surface area contributed by atoms with Crippen LogP contribution < -0.4 is 5.32 Å². The molecule has 3 heteroatoms. The van der Waals surface area contributed by atoms with Gasteiger partial charge in [-0.3, -0.25) is 0 Å². The van der Waals surface area contributed by atoms with Gasteiger partial charge in [-0.25, -0.2) is 8.78 Å². The highest BCUT2D eigenvalue weighted by atomic mass is 19.1. The van der Waals surface area contributed by atoms with Gasteiger partial charge < -0.3 is 5.32 Å². The lowest BCUT2D eigenvalue weighted by molar-refractivity contribution is 0.269. The first kappa shape index (κ1) is 14.1. The fraction of sp³-hybridized carbons (Fsp3) is 0.571. The first-order valence-corrected chi connectivity index (χ1v) is 6.01. The third-order valence-electron chi connectivity index (χ3n) is 2.86. The lowest BCUT2D eigenvalue weighted by Gasteiger charge is -2.31. The zero-order valence-corrected chi connectivity index (χ0v) is 11.0. The molecule has 0 aromatic heterocycles. The van der Waals surface area contributed by atoms with E-state index in [1.54, 1.807) is 0 Å².